The second-order valence-corrected chi connectivity index (χ2v) is 7.03. The van der Waals surface area contributed by atoms with Crippen LogP contribution in [0.15, 0.2) is 48.8 Å². The summed E-state index contributed by atoms with van der Waals surface area (Å²) in [6.07, 6.45) is 6.84. The van der Waals surface area contributed by atoms with Crippen molar-refractivity contribution >= 4 is 23.4 Å². The number of pyridine rings is 1. The number of benzene rings is 1. The zero-order valence-electron chi connectivity index (χ0n) is 13.9. The van der Waals surface area contributed by atoms with Crippen LogP contribution in [0.3, 0.4) is 0 Å². The first-order valence-electron chi connectivity index (χ1n) is 8.28. The van der Waals surface area contributed by atoms with Gasteiger partial charge in [0.1, 0.15) is 0 Å². The smallest absolute Gasteiger partial charge is 0.255 e. The average molecular weight is 341 g/mol. The van der Waals surface area contributed by atoms with Crippen LogP contribution in [0.25, 0.3) is 0 Å². The van der Waals surface area contributed by atoms with Gasteiger partial charge in [-0.05, 0) is 48.1 Å². The molecule has 0 radical (unpaired) electrons. The van der Waals surface area contributed by atoms with Crippen LogP contribution in [0, 0.1) is 5.92 Å². The van der Waals surface area contributed by atoms with Crippen LogP contribution in [0.1, 0.15) is 22.3 Å². The third kappa shape index (κ3) is 4.09. The maximum absolute atomic E-state index is 12.9. The molecule has 1 aliphatic rings. The van der Waals surface area contributed by atoms with Gasteiger partial charge in [-0.2, -0.15) is 11.8 Å². The number of anilines is 1. The van der Waals surface area contributed by atoms with Gasteiger partial charge in [0.15, 0.2) is 0 Å². The van der Waals surface area contributed by atoms with Crippen LogP contribution in [0.5, 0.6) is 0 Å². The van der Waals surface area contributed by atoms with Gasteiger partial charge in [-0.25, -0.2) is 0 Å². The Hall–Kier alpha value is -2.01. The molecule has 4 nitrogen and oxygen atoms in total. The molecule has 1 aromatic carbocycles. The molecule has 1 saturated heterocycles. The van der Waals surface area contributed by atoms with E-state index in [0.717, 1.165) is 42.1 Å². The summed E-state index contributed by atoms with van der Waals surface area (Å²) in [5.41, 5.74) is 2.74. The van der Waals surface area contributed by atoms with Crippen LogP contribution >= 0.6 is 11.8 Å². The zero-order valence-corrected chi connectivity index (χ0v) is 14.8. The third-order valence-corrected chi connectivity index (χ3v) is 5.14. The van der Waals surface area contributed by atoms with E-state index in [9.17, 15) is 4.79 Å². The SMILES string of the molecule is CSC[C@H]1CCN(C(=O)c2ccccc2NCc2cccnc2)C1. The number of aromatic nitrogens is 1. The molecule has 1 aromatic heterocycles. The van der Waals surface area contributed by atoms with E-state index in [4.69, 9.17) is 0 Å². The van der Waals surface area contributed by atoms with E-state index in [1.807, 2.05) is 59.3 Å². The van der Waals surface area contributed by atoms with Crippen molar-refractivity contribution in [2.75, 3.05) is 30.4 Å². The number of carbonyl (C=O) groups excluding carboxylic acids is 1. The maximum Gasteiger partial charge on any atom is 0.255 e. The highest BCUT2D eigenvalue weighted by atomic mass is 32.2. The van der Waals surface area contributed by atoms with Crippen LogP contribution in [-0.2, 0) is 6.54 Å². The fraction of sp³-hybridized carbons (Fsp3) is 0.368. The Kier molecular flexibility index (Phi) is 5.75. The van der Waals surface area contributed by atoms with Crippen LogP contribution in [0.2, 0.25) is 0 Å². The summed E-state index contributed by atoms with van der Waals surface area (Å²) in [7, 11) is 0. The van der Waals surface area contributed by atoms with E-state index in [0.29, 0.717) is 12.5 Å². The second kappa shape index (κ2) is 8.20. The van der Waals surface area contributed by atoms with Gasteiger partial charge >= 0.3 is 0 Å². The Bertz CT molecular complexity index is 677. The second-order valence-electron chi connectivity index (χ2n) is 6.12. The molecular weight excluding hydrogens is 318 g/mol. The van der Waals surface area contributed by atoms with Crippen molar-refractivity contribution in [1.82, 2.24) is 9.88 Å². The number of nitrogens with one attached hydrogen (secondary N) is 1. The van der Waals surface area contributed by atoms with Crippen molar-refractivity contribution in [2.45, 2.75) is 13.0 Å². The fourth-order valence-electron chi connectivity index (χ4n) is 3.08. The van der Waals surface area contributed by atoms with Gasteiger partial charge in [0.25, 0.3) is 5.91 Å². The number of likely N-dealkylation sites (tertiary alicyclic amines) is 1. The summed E-state index contributed by atoms with van der Waals surface area (Å²) < 4.78 is 0. The molecule has 1 fully saturated rings. The topological polar surface area (TPSA) is 45.2 Å². The molecule has 1 amide bonds. The lowest BCUT2D eigenvalue weighted by molar-refractivity contribution is 0.0789. The summed E-state index contributed by atoms with van der Waals surface area (Å²) in [6.45, 7) is 2.39. The standard InChI is InChI=1S/C19H23N3OS/c1-24-14-16-8-10-22(13-16)19(23)17-6-2-3-7-18(17)21-12-15-5-4-9-20-11-15/h2-7,9,11,16,21H,8,10,12-14H2,1H3/t16-/m0/s1. The highest BCUT2D eigenvalue weighted by Crippen LogP contribution is 2.24. The molecule has 2 aromatic rings. The summed E-state index contributed by atoms with van der Waals surface area (Å²) in [5, 5.41) is 3.38. The number of amides is 1. The number of para-hydroxylation sites is 1. The lowest BCUT2D eigenvalue weighted by Gasteiger charge is -2.19. The van der Waals surface area contributed by atoms with Gasteiger partial charge < -0.3 is 10.2 Å². The normalized spacial score (nSPS) is 17.0. The molecule has 0 unspecified atom stereocenters. The first kappa shape index (κ1) is 16.8. The predicted molar refractivity (Wildman–Crippen MR) is 100 cm³/mol. The molecule has 24 heavy (non-hydrogen) atoms. The van der Waals surface area contributed by atoms with E-state index in [2.05, 4.69) is 16.6 Å². The highest BCUT2D eigenvalue weighted by molar-refractivity contribution is 7.98. The van der Waals surface area contributed by atoms with Crippen molar-refractivity contribution < 1.29 is 4.79 Å². The molecule has 1 N–H and O–H groups in total. The van der Waals surface area contributed by atoms with E-state index in [1.54, 1.807) is 6.20 Å². The van der Waals surface area contributed by atoms with Crippen LogP contribution in [0.4, 0.5) is 5.69 Å². The van der Waals surface area contributed by atoms with E-state index >= 15 is 0 Å². The molecule has 0 aliphatic carbocycles. The van der Waals surface area contributed by atoms with Gasteiger partial charge in [0.05, 0.1) is 5.56 Å². The summed E-state index contributed by atoms with van der Waals surface area (Å²) >= 11 is 1.86. The number of hydrogen-bond donors (Lipinski definition) is 1. The molecule has 126 valence electrons. The van der Waals surface area contributed by atoms with Gasteiger partial charge in [0, 0.05) is 37.7 Å². The van der Waals surface area contributed by atoms with Crippen molar-refractivity contribution in [2.24, 2.45) is 5.92 Å². The monoisotopic (exact) mass is 341 g/mol. The van der Waals surface area contributed by atoms with Crippen molar-refractivity contribution in [3.05, 3.63) is 59.9 Å². The quantitative estimate of drug-likeness (QED) is 0.873. The van der Waals surface area contributed by atoms with Gasteiger partial charge in [0.2, 0.25) is 0 Å². The lowest BCUT2D eigenvalue weighted by atomic mass is 10.1. The third-order valence-electron chi connectivity index (χ3n) is 4.34. The van der Waals surface area contributed by atoms with Crippen molar-refractivity contribution in [1.29, 1.82) is 0 Å². The molecular formula is C19H23N3OS. The molecule has 1 aliphatic heterocycles. The predicted octanol–water partition coefficient (Wildman–Crippen LogP) is 3.52. The van der Waals surface area contributed by atoms with Gasteiger partial charge in [-0.1, -0.05) is 18.2 Å². The van der Waals surface area contributed by atoms with Crippen molar-refractivity contribution in [3.63, 3.8) is 0 Å². The Balaban J connectivity index is 1.68. The summed E-state index contributed by atoms with van der Waals surface area (Å²) in [6, 6.07) is 11.7. The summed E-state index contributed by atoms with van der Waals surface area (Å²) in [4.78, 5) is 19.0. The van der Waals surface area contributed by atoms with Gasteiger partial charge in [-0.15, -0.1) is 0 Å². The first-order chi connectivity index (χ1) is 11.8. The van der Waals surface area contributed by atoms with Crippen LogP contribution in [-0.4, -0.2) is 40.9 Å². The van der Waals surface area contributed by atoms with E-state index in [-0.39, 0.29) is 5.91 Å². The Morgan fingerprint density at radius 2 is 2.21 bits per heavy atom. The van der Waals surface area contributed by atoms with E-state index in [1.165, 1.54) is 0 Å². The molecule has 2 heterocycles. The molecule has 5 heteroatoms. The Morgan fingerprint density at radius 3 is 3.00 bits per heavy atom. The number of nitrogens with zero attached hydrogens (tertiary/aromatic N) is 2. The lowest BCUT2D eigenvalue weighted by Crippen LogP contribution is -2.29. The largest absolute Gasteiger partial charge is 0.380 e. The van der Waals surface area contributed by atoms with Crippen molar-refractivity contribution in [3.8, 4) is 0 Å². The fourth-order valence-corrected chi connectivity index (χ4v) is 3.83. The minimum absolute atomic E-state index is 0.132. The van der Waals surface area contributed by atoms with Crippen LogP contribution < -0.4 is 5.32 Å². The number of carbonyl (C=O) groups is 1. The maximum atomic E-state index is 12.9. The number of hydrogen-bond acceptors (Lipinski definition) is 4. The molecule has 0 spiro atoms. The number of thioether (sulfide) groups is 1. The molecule has 1 atom stereocenters. The summed E-state index contributed by atoms with van der Waals surface area (Å²) in [5.74, 6) is 1.89. The minimum atomic E-state index is 0.132. The number of rotatable bonds is 6. The average Bonchev–Trinajstić information content (AvgIpc) is 3.09. The minimum Gasteiger partial charge on any atom is -0.380 e. The van der Waals surface area contributed by atoms with E-state index < -0.39 is 0 Å². The van der Waals surface area contributed by atoms with Gasteiger partial charge in [-0.3, -0.25) is 9.78 Å². The molecule has 3 rings (SSSR count). The molecule has 0 bridgehead atoms. The Labute approximate surface area is 147 Å². The Morgan fingerprint density at radius 1 is 1.33 bits per heavy atom. The molecule has 0 saturated carbocycles. The zero-order chi connectivity index (χ0) is 16.8. The highest BCUT2D eigenvalue weighted by Gasteiger charge is 2.27. The first-order valence-corrected chi connectivity index (χ1v) is 9.67.